The zero-order valence-corrected chi connectivity index (χ0v) is 8.54. The van der Waals surface area contributed by atoms with E-state index >= 15 is 0 Å². The predicted octanol–water partition coefficient (Wildman–Crippen LogP) is -2.57. The third kappa shape index (κ3) is 4.67. The average Bonchev–Trinajstić information content (AvgIpc) is 2.64. The number of imidazole rings is 1. The second-order valence-corrected chi connectivity index (χ2v) is 2.57. The number of halogens is 1. The van der Waals surface area contributed by atoms with E-state index < -0.39 is 0 Å². The summed E-state index contributed by atoms with van der Waals surface area (Å²) in [6, 6.07) is 0. The van der Waals surface area contributed by atoms with Crippen LogP contribution in [0.25, 0.3) is 0 Å². The van der Waals surface area contributed by atoms with Gasteiger partial charge in [0.05, 0.1) is 13.2 Å². The van der Waals surface area contributed by atoms with Crippen LogP contribution in [-0.2, 0) is 16.1 Å². The van der Waals surface area contributed by atoms with Crippen LogP contribution in [0.15, 0.2) is 31.4 Å². The highest BCUT2D eigenvalue weighted by atomic mass is 35.5. The maximum Gasteiger partial charge on any atom is 0.330 e. The van der Waals surface area contributed by atoms with Crippen LogP contribution < -0.4 is 17.0 Å². The molecule has 1 aromatic rings. The van der Waals surface area contributed by atoms with E-state index in [9.17, 15) is 4.79 Å². The Morgan fingerprint density at radius 2 is 2.43 bits per heavy atom. The summed E-state index contributed by atoms with van der Waals surface area (Å²) in [6.07, 6.45) is 7.60. The Morgan fingerprint density at radius 3 is 3.00 bits per heavy atom. The summed E-state index contributed by atoms with van der Waals surface area (Å²) in [7, 11) is 0. The summed E-state index contributed by atoms with van der Waals surface area (Å²) in [5.41, 5.74) is 0. The van der Waals surface area contributed by atoms with E-state index in [1.165, 1.54) is 6.08 Å². The zero-order valence-electron chi connectivity index (χ0n) is 7.78. The van der Waals surface area contributed by atoms with Gasteiger partial charge in [0.1, 0.15) is 12.4 Å². The fourth-order valence-corrected chi connectivity index (χ4v) is 0.938. The Kier molecular flexibility index (Phi) is 6.49. The van der Waals surface area contributed by atoms with Gasteiger partial charge in [-0.2, -0.15) is 0 Å². The smallest absolute Gasteiger partial charge is 0.330 e. The minimum atomic E-state index is -0.362. The fraction of sp³-hybridized carbons (Fsp3) is 0.333. The second kappa shape index (κ2) is 7.15. The number of esters is 1. The van der Waals surface area contributed by atoms with E-state index in [0.717, 1.165) is 13.0 Å². The number of nitrogens with one attached hydrogen (secondary N) is 1. The molecule has 5 heteroatoms. The lowest BCUT2D eigenvalue weighted by atomic mass is 10.4. The molecule has 0 aromatic carbocycles. The first-order valence-corrected chi connectivity index (χ1v) is 4.14. The minimum absolute atomic E-state index is 0. The van der Waals surface area contributed by atoms with Crippen molar-refractivity contribution in [1.29, 1.82) is 0 Å². The molecule has 0 atom stereocenters. The first kappa shape index (κ1) is 12.7. The molecule has 0 aliphatic carbocycles. The molecule has 1 rings (SSSR count). The highest BCUT2D eigenvalue weighted by Crippen LogP contribution is 1.85. The summed E-state index contributed by atoms with van der Waals surface area (Å²) < 4.78 is 6.80. The van der Waals surface area contributed by atoms with E-state index in [2.05, 4.69) is 11.6 Å². The standard InChI is InChI=1S/C9H12N2O2.ClH/c1-2-9(12)13-7-3-5-11-6-4-10-8-11;/h2,4,6,8H,1,3,5,7H2;1H. The quantitative estimate of drug-likeness (QED) is 0.255. The van der Waals surface area contributed by atoms with Crippen molar-refractivity contribution in [3.05, 3.63) is 31.4 Å². The van der Waals surface area contributed by atoms with Crippen molar-refractivity contribution in [1.82, 2.24) is 4.98 Å². The van der Waals surface area contributed by atoms with Crippen LogP contribution >= 0.6 is 0 Å². The van der Waals surface area contributed by atoms with E-state index in [1.54, 1.807) is 0 Å². The molecule has 0 saturated carbocycles. The summed E-state index contributed by atoms with van der Waals surface area (Å²) in [5.74, 6) is -0.362. The topological polar surface area (TPSA) is 46.0 Å². The number of hydrogen-bond acceptors (Lipinski definition) is 2. The predicted molar refractivity (Wildman–Crippen MR) is 46.8 cm³/mol. The van der Waals surface area contributed by atoms with E-state index in [0.29, 0.717) is 6.61 Å². The Balaban J connectivity index is 0.00000169. The molecule has 4 nitrogen and oxygen atoms in total. The van der Waals surface area contributed by atoms with Gasteiger partial charge in [-0.25, -0.2) is 9.36 Å². The molecule has 1 N–H and O–H groups in total. The number of aromatic amines is 1. The van der Waals surface area contributed by atoms with Gasteiger partial charge in [0, 0.05) is 12.5 Å². The molecule has 0 aliphatic rings. The normalized spacial score (nSPS) is 8.86. The van der Waals surface area contributed by atoms with Gasteiger partial charge in [-0.3, -0.25) is 4.98 Å². The number of aryl methyl sites for hydroxylation is 1. The summed E-state index contributed by atoms with van der Waals surface area (Å²) in [5, 5.41) is 0. The molecular weight excluding hydrogens is 204 g/mol. The first-order valence-electron chi connectivity index (χ1n) is 4.14. The average molecular weight is 217 g/mol. The van der Waals surface area contributed by atoms with Crippen molar-refractivity contribution in [2.45, 2.75) is 13.0 Å². The van der Waals surface area contributed by atoms with Gasteiger partial charge in [-0.1, -0.05) is 6.58 Å². The number of aromatic nitrogens is 2. The van der Waals surface area contributed by atoms with E-state index in [4.69, 9.17) is 4.74 Å². The highest BCUT2D eigenvalue weighted by molar-refractivity contribution is 5.81. The summed E-state index contributed by atoms with van der Waals surface area (Å²) in [4.78, 5) is 13.5. The molecule has 0 bridgehead atoms. The number of carbonyl (C=O) groups excluding carboxylic acids is 1. The molecule has 1 aromatic heterocycles. The number of nitrogens with zero attached hydrogens (tertiary/aromatic N) is 1. The largest absolute Gasteiger partial charge is 1.00 e. The lowest BCUT2D eigenvalue weighted by Crippen LogP contribution is -3.00. The van der Waals surface area contributed by atoms with Crippen molar-refractivity contribution in [3.63, 3.8) is 0 Å². The number of hydrogen-bond donors (Lipinski definition) is 1. The molecule has 0 amide bonds. The van der Waals surface area contributed by atoms with Crippen LogP contribution in [0.2, 0.25) is 0 Å². The van der Waals surface area contributed by atoms with Gasteiger partial charge in [-0.05, 0) is 0 Å². The Labute approximate surface area is 89.0 Å². The van der Waals surface area contributed by atoms with Crippen molar-refractivity contribution in [2.75, 3.05) is 6.61 Å². The third-order valence-electron chi connectivity index (χ3n) is 1.57. The molecule has 1 heterocycles. The number of rotatable bonds is 5. The van der Waals surface area contributed by atoms with Gasteiger partial charge >= 0.3 is 5.97 Å². The zero-order chi connectivity index (χ0) is 9.52. The Morgan fingerprint density at radius 1 is 1.64 bits per heavy atom. The van der Waals surface area contributed by atoms with Gasteiger partial charge in [0.2, 0.25) is 6.33 Å². The molecule has 0 fully saturated rings. The molecule has 78 valence electrons. The number of ether oxygens (including phenoxy) is 1. The van der Waals surface area contributed by atoms with Crippen molar-refractivity contribution >= 4 is 5.97 Å². The van der Waals surface area contributed by atoms with Crippen LogP contribution in [0.5, 0.6) is 0 Å². The summed E-state index contributed by atoms with van der Waals surface area (Å²) in [6.45, 7) is 4.58. The maximum absolute atomic E-state index is 10.6. The first-order chi connectivity index (χ1) is 6.33. The van der Waals surface area contributed by atoms with Crippen molar-refractivity contribution in [2.24, 2.45) is 0 Å². The van der Waals surface area contributed by atoms with Crippen molar-refractivity contribution in [3.8, 4) is 0 Å². The SMILES string of the molecule is C=CC(=O)OCCC[n+]1cc[nH]c1.[Cl-]. The molecule has 0 spiro atoms. The lowest BCUT2D eigenvalue weighted by molar-refractivity contribution is -0.696. The molecule has 14 heavy (non-hydrogen) atoms. The van der Waals surface area contributed by atoms with Crippen LogP contribution in [0.3, 0.4) is 0 Å². The van der Waals surface area contributed by atoms with Gasteiger partial charge < -0.3 is 17.1 Å². The highest BCUT2D eigenvalue weighted by Gasteiger charge is 1.98. The van der Waals surface area contributed by atoms with Crippen LogP contribution in [0, 0.1) is 0 Å². The van der Waals surface area contributed by atoms with Crippen molar-refractivity contribution < 1.29 is 26.5 Å². The molecule has 0 radical (unpaired) electrons. The van der Waals surface area contributed by atoms with E-state index in [-0.39, 0.29) is 18.4 Å². The maximum atomic E-state index is 10.6. The van der Waals surface area contributed by atoms with Crippen LogP contribution in [-0.4, -0.2) is 17.6 Å². The third-order valence-corrected chi connectivity index (χ3v) is 1.57. The molecule has 0 aliphatic heterocycles. The molecule has 0 saturated heterocycles. The number of carbonyl (C=O) groups is 1. The Bertz CT molecular complexity index is 272. The fourth-order valence-electron chi connectivity index (χ4n) is 0.938. The van der Waals surface area contributed by atoms with Gasteiger partial charge in [0.25, 0.3) is 0 Å². The van der Waals surface area contributed by atoms with Crippen LogP contribution in [0.1, 0.15) is 6.42 Å². The minimum Gasteiger partial charge on any atom is -1.00 e. The molecular formula is C9H13ClN2O2. The lowest BCUT2D eigenvalue weighted by Gasteiger charge is -1.99. The van der Waals surface area contributed by atoms with Gasteiger partial charge in [-0.15, -0.1) is 0 Å². The second-order valence-electron chi connectivity index (χ2n) is 2.57. The molecule has 0 unspecified atom stereocenters. The van der Waals surface area contributed by atoms with E-state index in [1.807, 2.05) is 23.3 Å². The van der Waals surface area contributed by atoms with Crippen LogP contribution in [0.4, 0.5) is 0 Å². The van der Waals surface area contributed by atoms with Gasteiger partial charge in [0.15, 0.2) is 0 Å². The summed E-state index contributed by atoms with van der Waals surface area (Å²) >= 11 is 0. The monoisotopic (exact) mass is 216 g/mol. The number of H-pyrrole nitrogens is 1. The Hall–Kier alpha value is -1.29.